The number of thiophene rings is 1. The molecule has 25 heavy (non-hydrogen) atoms. The molecule has 1 aliphatic heterocycles. The number of aromatic amines is 1. The van der Waals surface area contributed by atoms with Crippen LogP contribution in [-0.2, 0) is 6.18 Å². The Morgan fingerprint density at radius 1 is 1.00 bits per heavy atom. The second-order valence-electron chi connectivity index (χ2n) is 5.77. The minimum Gasteiger partial charge on any atom is -0.348 e. The number of H-pyrrole nitrogens is 1. The van der Waals surface area contributed by atoms with Gasteiger partial charge in [0, 0.05) is 6.07 Å². The summed E-state index contributed by atoms with van der Waals surface area (Å²) in [4.78, 5) is 16.6. The molecule has 1 aliphatic rings. The Morgan fingerprint density at radius 3 is 2.44 bits per heavy atom. The van der Waals surface area contributed by atoms with E-state index in [1.807, 2.05) is 16.3 Å². The van der Waals surface area contributed by atoms with E-state index in [-0.39, 0.29) is 0 Å². The summed E-state index contributed by atoms with van der Waals surface area (Å²) in [6, 6.07) is 4.61. The topological polar surface area (TPSA) is 46.4 Å². The Labute approximate surface area is 145 Å². The molecule has 9 heteroatoms. The van der Waals surface area contributed by atoms with Crippen LogP contribution in [0.2, 0.25) is 0 Å². The first-order valence-corrected chi connectivity index (χ1v) is 8.67. The Balaban J connectivity index is 1.47. The SMILES string of the molecule is FC(F)(F)c1ccc(N2CCN(c3ncnc4sccc34)CC2)[nH+]c1. The summed E-state index contributed by atoms with van der Waals surface area (Å²) in [5.74, 6) is 1.61. The van der Waals surface area contributed by atoms with Crippen molar-refractivity contribution in [3.05, 3.63) is 41.7 Å². The molecular formula is C16H15F3N5S+. The Bertz CT molecular complexity index is 869. The second-order valence-corrected chi connectivity index (χ2v) is 6.67. The monoisotopic (exact) mass is 366 g/mol. The molecule has 3 aromatic heterocycles. The fourth-order valence-corrected chi connectivity index (χ4v) is 3.71. The predicted molar refractivity (Wildman–Crippen MR) is 89.8 cm³/mol. The van der Waals surface area contributed by atoms with Crippen molar-refractivity contribution in [3.8, 4) is 0 Å². The number of halogens is 3. The Hall–Kier alpha value is -2.42. The van der Waals surface area contributed by atoms with E-state index in [4.69, 9.17) is 0 Å². The number of rotatable bonds is 2. The van der Waals surface area contributed by atoms with Crippen molar-refractivity contribution in [2.24, 2.45) is 0 Å². The standard InChI is InChI=1S/C16H14F3N5S/c17-16(18,19)11-1-2-13(20-9-11)23-4-6-24(7-5-23)14-12-3-8-25-15(12)22-10-21-14/h1-3,8-10H,4-7H2/p+1. The summed E-state index contributed by atoms with van der Waals surface area (Å²) in [5.41, 5.74) is -0.671. The van der Waals surface area contributed by atoms with E-state index in [1.54, 1.807) is 17.7 Å². The van der Waals surface area contributed by atoms with Crippen LogP contribution in [0.4, 0.5) is 24.8 Å². The number of hydrogen-bond donors (Lipinski definition) is 0. The van der Waals surface area contributed by atoms with Crippen LogP contribution in [0.3, 0.4) is 0 Å². The van der Waals surface area contributed by atoms with E-state index < -0.39 is 11.7 Å². The summed E-state index contributed by atoms with van der Waals surface area (Å²) in [6.07, 6.45) is -1.74. The molecule has 0 saturated carbocycles. The molecule has 0 bridgehead atoms. The number of piperazine rings is 1. The van der Waals surface area contributed by atoms with E-state index in [0.29, 0.717) is 18.9 Å². The van der Waals surface area contributed by atoms with Gasteiger partial charge < -0.3 is 4.90 Å². The third kappa shape index (κ3) is 3.11. The zero-order valence-electron chi connectivity index (χ0n) is 13.1. The molecule has 1 fully saturated rings. The number of alkyl halides is 3. The van der Waals surface area contributed by atoms with E-state index >= 15 is 0 Å². The van der Waals surface area contributed by atoms with Crippen LogP contribution in [-0.4, -0.2) is 36.1 Å². The molecule has 1 N–H and O–H groups in total. The molecule has 4 rings (SSSR count). The van der Waals surface area contributed by atoms with Crippen LogP contribution < -0.4 is 14.8 Å². The van der Waals surface area contributed by atoms with E-state index in [2.05, 4.69) is 19.9 Å². The Kier molecular flexibility index (Phi) is 3.95. The normalized spacial score (nSPS) is 15.8. The average molecular weight is 366 g/mol. The molecule has 130 valence electrons. The van der Waals surface area contributed by atoms with Gasteiger partial charge in [-0.05, 0) is 17.5 Å². The van der Waals surface area contributed by atoms with Gasteiger partial charge in [-0.15, -0.1) is 11.3 Å². The van der Waals surface area contributed by atoms with Crippen molar-refractivity contribution >= 4 is 33.2 Å². The average Bonchev–Trinajstić information content (AvgIpc) is 3.10. The van der Waals surface area contributed by atoms with Gasteiger partial charge in [-0.3, -0.25) is 4.90 Å². The minimum atomic E-state index is -4.33. The molecule has 0 atom stereocenters. The van der Waals surface area contributed by atoms with Gasteiger partial charge in [0.15, 0.2) is 0 Å². The van der Waals surface area contributed by atoms with E-state index in [1.165, 1.54) is 6.07 Å². The van der Waals surface area contributed by atoms with Crippen LogP contribution >= 0.6 is 11.3 Å². The summed E-state index contributed by atoms with van der Waals surface area (Å²) in [7, 11) is 0. The van der Waals surface area contributed by atoms with Gasteiger partial charge in [-0.1, -0.05) is 0 Å². The number of anilines is 2. The highest BCUT2D eigenvalue weighted by Gasteiger charge is 2.32. The molecule has 0 amide bonds. The summed E-state index contributed by atoms with van der Waals surface area (Å²) in [6.45, 7) is 2.91. The van der Waals surface area contributed by atoms with Crippen molar-refractivity contribution in [3.63, 3.8) is 0 Å². The van der Waals surface area contributed by atoms with Gasteiger partial charge >= 0.3 is 6.18 Å². The van der Waals surface area contributed by atoms with Crippen molar-refractivity contribution in [2.75, 3.05) is 36.0 Å². The molecule has 0 spiro atoms. The van der Waals surface area contributed by atoms with Crippen molar-refractivity contribution < 1.29 is 18.2 Å². The molecule has 0 radical (unpaired) electrons. The number of pyridine rings is 1. The van der Waals surface area contributed by atoms with Gasteiger partial charge in [-0.25, -0.2) is 15.0 Å². The number of hydrogen-bond acceptors (Lipinski definition) is 5. The molecule has 0 unspecified atom stereocenters. The summed E-state index contributed by atoms with van der Waals surface area (Å²) < 4.78 is 38.0. The van der Waals surface area contributed by atoms with Gasteiger partial charge in [0.05, 0.1) is 24.0 Å². The first kappa shape index (κ1) is 16.1. The minimum absolute atomic E-state index is 0.671. The molecular weight excluding hydrogens is 351 g/mol. The highest BCUT2D eigenvalue weighted by molar-refractivity contribution is 7.16. The van der Waals surface area contributed by atoms with Gasteiger partial charge in [0.1, 0.15) is 36.3 Å². The third-order valence-electron chi connectivity index (χ3n) is 4.28. The van der Waals surface area contributed by atoms with Crippen LogP contribution in [0.15, 0.2) is 36.1 Å². The molecule has 0 aliphatic carbocycles. The van der Waals surface area contributed by atoms with Crippen LogP contribution in [0.5, 0.6) is 0 Å². The maximum absolute atomic E-state index is 12.7. The lowest BCUT2D eigenvalue weighted by molar-refractivity contribution is -0.367. The highest BCUT2D eigenvalue weighted by atomic mass is 32.1. The van der Waals surface area contributed by atoms with Crippen molar-refractivity contribution in [1.29, 1.82) is 0 Å². The molecule has 4 heterocycles. The lowest BCUT2D eigenvalue weighted by Gasteiger charge is -2.32. The lowest BCUT2D eigenvalue weighted by Crippen LogP contribution is -2.48. The first-order chi connectivity index (χ1) is 12.0. The smallest absolute Gasteiger partial charge is 0.348 e. The quantitative estimate of drug-likeness (QED) is 0.700. The van der Waals surface area contributed by atoms with Crippen LogP contribution in [0, 0.1) is 0 Å². The summed E-state index contributed by atoms with van der Waals surface area (Å²) in [5, 5.41) is 3.04. The number of nitrogens with zero attached hydrogens (tertiary/aromatic N) is 4. The zero-order valence-corrected chi connectivity index (χ0v) is 13.9. The van der Waals surface area contributed by atoms with Gasteiger partial charge in [0.25, 0.3) is 5.82 Å². The number of fused-ring (bicyclic) bond motifs is 1. The number of aromatic nitrogens is 3. The molecule has 1 saturated heterocycles. The number of nitrogens with one attached hydrogen (secondary N) is 1. The Morgan fingerprint density at radius 2 is 1.76 bits per heavy atom. The fourth-order valence-electron chi connectivity index (χ4n) is 2.98. The zero-order chi connectivity index (χ0) is 17.4. The van der Waals surface area contributed by atoms with Gasteiger partial charge in [-0.2, -0.15) is 13.2 Å². The highest BCUT2D eigenvalue weighted by Crippen LogP contribution is 2.29. The third-order valence-corrected chi connectivity index (χ3v) is 5.10. The maximum Gasteiger partial charge on any atom is 0.419 e. The van der Waals surface area contributed by atoms with E-state index in [0.717, 1.165) is 41.4 Å². The van der Waals surface area contributed by atoms with Gasteiger partial charge in [0.2, 0.25) is 0 Å². The summed E-state index contributed by atoms with van der Waals surface area (Å²) >= 11 is 1.58. The van der Waals surface area contributed by atoms with Crippen molar-refractivity contribution in [2.45, 2.75) is 6.18 Å². The van der Waals surface area contributed by atoms with E-state index in [9.17, 15) is 13.2 Å². The fraction of sp³-hybridized carbons (Fsp3) is 0.312. The first-order valence-electron chi connectivity index (χ1n) is 7.79. The van der Waals surface area contributed by atoms with Crippen LogP contribution in [0.1, 0.15) is 5.56 Å². The lowest BCUT2D eigenvalue weighted by atomic mass is 10.2. The molecule has 0 aromatic carbocycles. The van der Waals surface area contributed by atoms with Crippen LogP contribution in [0.25, 0.3) is 10.2 Å². The molecule has 5 nitrogen and oxygen atoms in total. The largest absolute Gasteiger partial charge is 0.419 e. The second kappa shape index (κ2) is 6.14. The maximum atomic E-state index is 12.7. The predicted octanol–water partition coefficient (Wildman–Crippen LogP) is 2.85. The molecule has 3 aromatic rings. The van der Waals surface area contributed by atoms with Crippen molar-refractivity contribution in [1.82, 2.24) is 9.97 Å².